The lowest BCUT2D eigenvalue weighted by atomic mass is 9.80. The predicted molar refractivity (Wildman–Crippen MR) is 87.4 cm³/mol. The minimum Gasteiger partial charge on any atom is -0.348 e. The van der Waals surface area contributed by atoms with Gasteiger partial charge in [0.15, 0.2) is 0 Å². The maximum Gasteiger partial charge on any atom is 0.246 e. The lowest BCUT2D eigenvalue weighted by molar-refractivity contribution is -0.134. The molecule has 4 heteroatoms. The standard InChI is InChI=1S/C18H26N2O2/c1-13-9-5-6-10-16(13)14(2)19-17(22)18(20-15(3)21)11-7-4-8-12-18/h5-6,9-10,14H,4,7-8,11-12H2,1-3H3,(H,19,22)(H,20,21)/t14-/m1/s1. The number of amides is 2. The molecule has 2 N–H and O–H groups in total. The fourth-order valence-electron chi connectivity index (χ4n) is 3.39. The Morgan fingerprint density at radius 3 is 2.36 bits per heavy atom. The number of carbonyl (C=O) groups is 2. The first-order valence-electron chi connectivity index (χ1n) is 8.10. The zero-order valence-electron chi connectivity index (χ0n) is 13.7. The fraction of sp³-hybridized carbons (Fsp3) is 0.556. The third-order valence-corrected chi connectivity index (χ3v) is 4.56. The number of hydrogen-bond acceptors (Lipinski definition) is 2. The summed E-state index contributed by atoms with van der Waals surface area (Å²) >= 11 is 0. The van der Waals surface area contributed by atoms with Crippen molar-refractivity contribution in [1.82, 2.24) is 10.6 Å². The van der Waals surface area contributed by atoms with Gasteiger partial charge in [0.2, 0.25) is 11.8 Å². The van der Waals surface area contributed by atoms with E-state index in [4.69, 9.17) is 0 Å². The first kappa shape index (κ1) is 16.5. The van der Waals surface area contributed by atoms with Gasteiger partial charge >= 0.3 is 0 Å². The molecule has 0 unspecified atom stereocenters. The molecular weight excluding hydrogens is 276 g/mol. The molecule has 1 aliphatic carbocycles. The smallest absolute Gasteiger partial charge is 0.246 e. The summed E-state index contributed by atoms with van der Waals surface area (Å²) in [6.07, 6.45) is 4.53. The van der Waals surface area contributed by atoms with Gasteiger partial charge in [-0.1, -0.05) is 43.5 Å². The largest absolute Gasteiger partial charge is 0.348 e. The fourth-order valence-corrected chi connectivity index (χ4v) is 3.39. The van der Waals surface area contributed by atoms with Crippen molar-refractivity contribution < 1.29 is 9.59 Å². The third kappa shape index (κ3) is 3.67. The van der Waals surface area contributed by atoms with Crippen molar-refractivity contribution in [3.8, 4) is 0 Å². The average Bonchev–Trinajstić information content (AvgIpc) is 2.47. The molecule has 0 radical (unpaired) electrons. The molecule has 1 saturated carbocycles. The second kappa shape index (κ2) is 6.95. The summed E-state index contributed by atoms with van der Waals surface area (Å²) in [5.74, 6) is -0.196. The van der Waals surface area contributed by atoms with Crippen LogP contribution >= 0.6 is 0 Å². The summed E-state index contributed by atoms with van der Waals surface area (Å²) in [5, 5.41) is 6.01. The quantitative estimate of drug-likeness (QED) is 0.898. The predicted octanol–water partition coefficient (Wildman–Crippen LogP) is 3.01. The Labute approximate surface area is 132 Å². The molecule has 120 valence electrons. The summed E-state index contributed by atoms with van der Waals surface area (Å²) in [6.45, 7) is 5.52. The first-order valence-corrected chi connectivity index (χ1v) is 8.10. The van der Waals surface area contributed by atoms with E-state index in [0.717, 1.165) is 43.2 Å². The highest BCUT2D eigenvalue weighted by Crippen LogP contribution is 2.29. The molecule has 22 heavy (non-hydrogen) atoms. The molecule has 2 amide bonds. The number of carbonyl (C=O) groups excluding carboxylic acids is 2. The highest BCUT2D eigenvalue weighted by atomic mass is 16.2. The van der Waals surface area contributed by atoms with Crippen LogP contribution in [0.5, 0.6) is 0 Å². The zero-order chi connectivity index (χ0) is 16.2. The van der Waals surface area contributed by atoms with Gasteiger partial charge in [0.25, 0.3) is 0 Å². The molecule has 0 aromatic heterocycles. The van der Waals surface area contributed by atoms with Crippen LogP contribution in [0.1, 0.15) is 63.1 Å². The van der Waals surface area contributed by atoms with Gasteiger partial charge in [0.05, 0.1) is 6.04 Å². The molecule has 0 saturated heterocycles. The molecular formula is C18H26N2O2. The van der Waals surface area contributed by atoms with E-state index < -0.39 is 5.54 Å². The summed E-state index contributed by atoms with van der Waals surface area (Å²) in [4.78, 5) is 24.4. The monoisotopic (exact) mass is 302 g/mol. The van der Waals surface area contributed by atoms with Crippen molar-refractivity contribution in [2.45, 2.75) is 64.5 Å². The van der Waals surface area contributed by atoms with Gasteiger partial charge in [-0.05, 0) is 37.8 Å². The Balaban J connectivity index is 2.14. The highest BCUT2D eigenvalue weighted by Gasteiger charge is 2.40. The van der Waals surface area contributed by atoms with Gasteiger partial charge in [0.1, 0.15) is 5.54 Å². The summed E-state index contributed by atoms with van der Waals surface area (Å²) in [5.41, 5.74) is 1.54. The molecule has 1 fully saturated rings. The van der Waals surface area contributed by atoms with Crippen molar-refractivity contribution in [3.63, 3.8) is 0 Å². The van der Waals surface area contributed by atoms with Crippen molar-refractivity contribution in [2.75, 3.05) is 0 Å². The average molecular weight is 302 g/mol. The van der Waals surface area contributed by atoms with E-state index in [9.17, 15) is 9.59 Å². The molecule has 1 aliphatic rings. The molecule has 0 heterocycles. The molecule has 4 nitrogen and oxygen atoms in total. The van der Waals surface area contributed by atoms with Crippen molar-refractivity contribution >= 4 is 11.8 Å². The number of nitrogens with one attached hydrogen (secondary N) is 2. The number of aryl methyl sites for hydroxylation is 1. The molecule has 0 aliphatic heterocycles. The second-order valence-corrected chi connectivity index (χ2v) is 6.38. The van der Waals surface area contributed by atoms with Gasteiger partial charge in [-0.3, -0.25) is 9.59 Å². The van der Waals surface area contributed by atoms with Gasteiger partial charge in [-0.15, -0.1) is 0 Å². The lowest BCUT2D eigenvalue weighted by Gasteiger charge is -2.37. The normalized spacial score (nSPS) is 18.3. The Morgan fingerprint density at radius 1 is 1.14 bits per heavy atom. The van der Waals surface area contributed by atoms with Gasteiger partial charge in [-0.25, -0.2) is 0 Å². The minimum atomic E-state index is -0.735. The molecule has 0 spiro atoms. The van der Waals surface area contributed by atoms with Crippen molar-refractivity contribution in [3.05, 3.63) is 35.4 Å². The van der Waals surface area contributed by atoms with Crippen LogP contribution < -0.4 is 10.6 Å². The van der Waals surface area contributed by atoms with Gasteiger partial charge in [0, 0.05) is 6.92 Å². The number of rotatable bonds is 4. The van der Waals surface area contributed by atoms with Crippen LogP contribution in [0, 0.1) is 6.92 Å². The number of hydrogen-bond donors (Lipinski definition) is 2. The van der Waals surface area contributed by atoms with E-state index in [2.05, 4.69) is 10.6 Å². The SMILES string of the molecule is CC(=O)NC1(C(=O)N[C@H](C)c2ccccc2C)CCCCC1. The van der Waals surface area contributed by atoms with Crippen LogP contribution in [0.4, 0.5) is 0 Å². The Hall–Kier alpha value is -1.84. The lowest BCUT2D eigenvalue weighted by Crippen LogP contribution is -2.59. The molecule has 0 bridgehead atoms. The maximum absolute atomic E-state index is 12.8. The van der Waals surface area contributed by atoms with Crippen LogP contribution in [0.3, 0.4) is 0 Å². The maximum atomic E-state index is 12.8. The van der Waals surface area contributed by atoms with Crippen LogP contribution in [0.25, 0.3) is 0 Å². The van der Waals surface area contributed by atoms with Crippen LogP contribution in [0.2, 0.25) is 0 Å². The topological polar surface area (TPSA) is 58.2 Å². The third-order valence-electron chi connectivity index (χ3n) is 4.56. The highest BCUT2D eigenvalue weighted by molar-refractivity contribution is 5.91. The Kier molecular flexibility index (Phi) is 5.22. The minimum absolute atomic E-state index is 0.0573. The number of benzene rings is 1. The van der Waals surface area contributed by atoms with E-state index in [-0.39, 0.29) is 17.9 Å². The van der Waals surface area contributed by atoms with Crippen LogP contribution in [-0.4, -0.2) is 17.4 Å². The van der Waals surface area contributed by atoms with E-state index in [1.807, 2.05) is 38.1 Å². The first-order chi connectivity index (χ1) is 10.4. The van der Waals surface area contributed by atoms with Crippen LogP contribution in [-0.2, 0) is 9.59 Å². The van der Waals surface area contributed by atoms with Gasteiger partial charge < -0.3 is 10.6 Å². The summed E-state index contributed by atoms with van der Waals surface area (Å²) in [7, 11) is 0. The van der Waals surface area contributed by atoms with E-state index in [1.165, 1.54) is 6.92 Å². The van der Waals surface area contributed by atoms with Gasteiger partial charge in [-0.2, -0.15) is 0 Å². The zero-order valence-corrected chi connectivity index (χ0v) is 13.7. The van der Waals surface area contributed by atoms with E-state index in [1.54, 1.807) is 0 Å². The molecule has 2 rings (SSSR count). The molecule has 1 atom stereocenters. The Bertz CT molecular complexity index is 548. The van der Waals surface area contributed by atoms with E-state index >= 15 is 0 Å². The Morgan fingerprint density at radius 2 is 1.77 bits per heavy atom. The summed E-state index contributed by atoms with van der Waals surface area (Å²) in [6, 6.07) is 7.98. The van der Waals surface area contributed by atoms with Crippen LogP contribution in [0.15, 0.2) is 24.3 Å². The summed E-state index contributed by atoms with van der Waals surface area (Å²) < 4.78 is 0. The van der Waals surface area contributed by atoms with E-state index in [0.29, 0.717) is 0 Å². The second-order valence-electron chi connectivity index (χ2n) is 6.38. The van der Waals surface area contributed by atoms with Crippen molar-refractivity contribution in [2.24, 2.45) is 0 Å². The van der Waals surface area contributed by atoms with Crippen molar-refractivity contribution in [1.29, 1.82) is 0 Å². The molecule has 1 aromatic rings. The molecule has 1 aromatic carbocycles.